The molecule has 7 heteroatoms. The van der Waals surface area contributed by atoms with Crippen LogP contribution in [-0.4, -0.2) is 53.9 Å². The largest absolute Gasteiger partial charge is 0.481 e. The van der Waals surface area contributed by atoms with Crippen LogP contribution in [0.1, 0.15) is 73.6 Å². The van der Waals surface area contributed by atoms with Crippen molar-refractivity contribution in [2.75, 3.05) is 6.61 Å². The van der Waals surface area contributed by atoms with Crippen molar-refractivity contribution < 1.29 is 33.6 Å². The maximum absolute atomic E-state index is 14.3. The van der Waals surface area contributed by atoms with Crippen LogP contribution in [0.5, 0.6) is 0 Å². The number of allylic oxidation sites excluding steroid dienone is 1. The minimum atomic E-state index is -1.10. The van der Waals surface area contributed by atoms with Gasteiger partial charge < -0.3 is 24.1 Å². The summed E-state index contributed by atoms with van der Waals surface area (Å²) in [6.45, 7) is 12.1. The van der Waals surface area contributed by atoms with Gasteiger partial charge in [-0.2, -0.15) is 0 Å². The third kappa shape index (κ3) is 3.12. The molecule has 11 atom stereocenters. The molecule has 6 aliphatic rings. The zero-order valence-corrected chi connectivity index (χ0v) is 22.5. The molecule has 4 aliphatic carbocycles. The van der Waals surface area contributed by atoms with Gasteiger partial charge in [-0.25, -0.2) is 0 Å². The second-order valence-electron chi connectivity index (χ2n) is 13.3. The molecule has 7 unspecified atom stereocenters. The molecule has 4 bridgehead atoms. The molecule has 7 nitrogen and oxygen atoms in total. The van der Waals surface area contributed by atoms with Crippen LogP contribution in [0.3, 0.4) is 0 Å². The van der Waals surface area contributed by atoms with E-state index in [0.29, 0.717) is 30.6 Å². The first-order valence-corrected chi connectivity index (χ1v) is 14.0. The van der Waals surface area contributed by atoms with Gasteiger partial charge in [0.2, 0.25) is 0 Å². The topological polar surface area (TPSA) is 91.3 Å². The Balaban J connectivity index is 1.28. The first-order chi connectivity index (χ1) is 16.9. The molecule has 5 fully saturated rings. The van der Waals surface area contributed by atoms with Gasteiger partial charge in [-0.3, -0.25) is 9.59 Å². The van der Waals surface area contributed by atoms with Gasteiger partial charge in [0.25, 0.3) is 0 Å². The van der Waals surface area contributed by atoms with Gasteiger partial charge in [-0.05, 0) is 75.5 Å². The number of carboxylic acids is 1. The Hall–Kier alpha value is -1.28. The number of hydrogen-bond donors (Lipinski definition) is 1. The number of carboxylic acid groups (broad SMARTS) is 1. The Kier molecular flexibility index (Phi) is 5.64. The molecule has 2 aliphatic heterocycles. The van der Waals surface area contributed by atoms with Crippen molar-refractivity contribution >= 4 is 11.8 Å². The highest BCUT2D eigenvalue weighted by molar-refractivity contribution is 5.98. The summed E-state index contributed by atoms with van der Waals surface area (Å²) in [5.41, 5.74) is -1.04. The van der Waals surface area contributed by atoms with Gasteiger partial charge in [0.05, 0.1) is 17.6 Å². The molecule has 36 heavy (non-hydrogen) atoms. The van der Waals surface area contributed by atoms with E-state index in [-0.39, 0.29) is 48.5 Å². The van der Waals surface area contributed by atoms with Crippen molar-refractivity contribution in [3.63, 3.8) is 0 Å². The van der Waals surface area contributed by atoms with Crippen LogP contribution in [0.25, 0.3) is 0 Å². The Bertz CT molecular complexity index is 986. The lowest BCUT2D eigenvalue weighted by Crippen LogP contribution is -2.59. The lowest BCUT2D eigenvalue weighted by Gasteiger charge is -2.53. The molecule has 1 N–H and O–H groups in total. The number of ketones is 1. The number of aliphatic carboxylic acids is 1. The first kappa shape index (κ1) is 25.0. The van der Waals surface area contributed by atoms with Gasteiger partial charge in [0, 0.05) is 6.42 Å². The molecule has 0 aromatic heterocycles. The minimum Gasteiger partial charge on any atom is -0.481 e. The van der Waals surface area contributed by atoms with Crippen LogP contribution < -0.4 is 0 Å². The second-order valence-corrected chi connectivity index (χ2v) is 13.3. The molecule has 3 saturated carbocycles. The number of rotatable bonds is 6. The number of carbonyl (C=O) groups excluding carboxylic acids is 1. The molecule has 2 heterocycles. The van der Waals surface area contributed by atoms with E-state index in [1.54, 1.807) is 0 Å². The molecule has 0 aromatic rings. The van der Waals surface area contributed by atoms with Crippen molar-refractivity contribution in [3.8, 4) is 0 Å². The number of ether oxygens (including phenoxy) is 4. The Labute approximate surface area is 214 Å². The molecule has 0 amide bonds. The predicted octanol–water partition coefficient (Wildman–Crippen LogP) is 4.58. The third-order valence-corrected chi connectivity index (χ3v) is 10.9. The van der Waals surface area contributed by atoms with Gasteiger partial charge in [-0.15, -0.1) is 0 Å². The minimum absolute atomic E-state index is 0.0205. The lowest BCUT2D eigenvalue weighted by atomic mass is 9.47. The normalized spacial score (nSPS) is 50.2. The Morgan fingerprint density at radius 1 is 1.14 bits per heavy atom. The van der Waals surface area contributed by atoms with Crippen LogP contribution in [0.2, 0.25) is 0 Å². The monoisotopic (exact) mass is 502 g/mol. The fourth-order valence-corrected chi connectivity index (χ4v) is 9.71. The van der Waals surface area contributed by atoms with Crippen LogP contribution in [0.15, 0.2) is 11.6 Å². The summed E-state index contributed by atoms with van der Waals surface area (Å²) < 4.78 is 24.3. The van der Waals surface area contributed by atoms with E-state index < -0.39 is 28.9 Å². The van der Waals surface area contributed by atoms with Crippen LogP contribution in [0.4, 0.5) is 0 Å². The first-order valence-electron chi connectivity index (χ1n) is 14.0. The van der Waals surface area contributed by atoms with Crippen LogP contribution >= 0.6 is 0 Å². The zero-order chi connectivity index (χ0) is 25.8. The summed E-state index contributed by atoms with van der Waals surface area (Å²) in [5.74, 6) is -0.0771. The molecule has 6 rings (SSSR count). The maximum atomic E-state index is 14.3. The summed E-state index contributed by atoms with van der Waals surface area (Å²) in [7, 11) is 0. The molecular weight excluding hydrogens is 460 g/mol. The SMILES string of the molecule is CC(C)C1=CC2CC3C4CCC(C)C4CC2(C(=O)CO[C@H]2C[C@@H]4OC(C)(C)O[C@@H]4[C@@H](C)O2)C13C(=O)O. The summed E-state index contributed by atoms with van der Waals surface area (Å²) in [6.07, 6.45) is 5.25. The summed E-state index contributed by atoms with van der Waals surface area (Å²) in [6, 6.07) is 0. The van der Waals surface area contributed by atoms with Gasteiger partial charge >= 0.3 is 5.97 Å². The average Bonchev–Trinajstić information content (AvgIpc) is 3.47. The van der Waals surface area contributed by atoms with Crippen LogP contribution in [0, 0.1) is 46.3 Å². The standard InChI is InChI=1S/C29H42O7/c1-14(2)20-9-17-10-21-18-8-7-15(3)19(18)12-28(17,29(20,21)26(31)32)23(30)13-33-24-11-22-25(16(4)34-24)36-27(5,6)35-22/h9,14-19,21-22,24-25H,7-8,10-13H2,1-6H3,(H,31,32)/t15?,16-,17?,18?,19?,21?,22+,24-,25-,28?,29?/m1/s1. The highest BCUT2D eigenvalue weighted by Crippen LogP contribution is 2.78. The lowest BCUT2D eigenvalue weighted by molar-refractivity contribution is -0.228. The molecule has 0 radical (unpaired) electrons. The quantitative estimate of drug-likeness (QED) is 0.532. The fraction of sp³-hybridized carbons (Fsp3) is 0.862. The van der Waals surface area contributed by atoms with Crippen molar-refractivity contribution in [2.24, 2.45) is 46.3 Å². The summed E-state index contributed by atoms with van der Waals surface area (Å²) in [5, 5.41) is 10.9. The highest BCUT2D eigenvalue weighted by atomic mass is 16.8. The number of hydrogen-bond acceptors (Lipinski definition) is 6. The number of carbonyl (C=O) groups is 2. The average molecular weight is 503 g/mol. The molecule has 0 aromatic carbocycles. The second kappa shape index (κ2) is 8.11. The third-order valence-electron chi connectivity index (χ3n) is 10.9. The number of fused-ring (bicyclic) bond motifs is 3. The molecular formula is C29H42O7. The van der Waals surface area contributed by atoms with Gasteiger partial charge in [-0.1, -0.05) is 38.8 Å². The van der Waals surface area contributed by atoms with Gasteiger partial charge in [0.1, 0.15) is 18.1 Å². The molecule has 200 valence electrons. The van der Waals surface area contributed by atoms with Crippen LogP contribution in [-0.2, 0) is 28.5 Å². The molecule has 2 saturated heterocycles. The summed E-state index contributed by atoms with van der Waals surface area (Å²) in [4.78, 5) is 27.7. The van der Waals surface area contributed by atoms with Crippen molar-refractivity contribution in [2.45, 2.75) is 104 Å². The Morgan fingerprint density at radius 3 is 2.58 bits per heavy atom. The van der Waals surface area contributed by atoms with Crippen molar-refractivity contribution in [3.05, 3.63) is 11.6 Å². The maximum Gasteiger partial charge on any atom is 0.315 e. The summed E-state index contributed by atoms with van der Waals surface area (Å²) >= 11 is 0. The van der Waals surface area contributed by atoms with E-state index in [9.17, 15) is 14.7 Å². The van der Waals surface area contributed by atoms with E-state index in [4.69, 9.17) is 18.9 Å². The molecule has 0 spiro atoms. The van der Waals surface area contributed by atoms with E-state index in [0.717, 1.165) is 24.8 Å². The predicted molar refractivity (Wildman–Crippen MR) is 131 cm³/mol. The van der Waals surface area contributed by atoms with Crippen molar-refractivity contribution in [1.29, 1.82) is 0 Å². The fourth-order valence-electron chi connectivity index (χ4n) is 9.71. The Morgan fingerprint density at radius 2 is 1.89 bits per heavy atom. The number of Topliss-reactive ketones (excluding diaryl/α,β-unsaturated/α-hetero) is 1. The highest BCUT2D eigenvalue weighted by Gasteiger charge is 2.80. The van der Waals surface area contributed by atoms with E-state index in [1.165, 1.54) is 0 Å². The smallest absolute Gasteiger partial charge is 0.315 e. The zero-order valence-electron chi connectivity index (χ0n) is 22.5. The van der Waals surface area contributed by atoms with E-state index >= 15 is 0 Å². The van der Waals surface area contributed by atoms with Crippen molar-refractivity contribution in [1.82, 2.24) is 0 Å². The van der Waals surface area contributed by atoms with E-state index in [2.05, 4.69) is 26.8 Å². The van der Waals surface area contributed by atoms with Gasteiger partial charge in [0.15, 0.2) is 17.9 Å². The van der Waals surface area contributed by atoms with E-state index in [1.807, 2.05) is 20.8 Å².